The van der Waals surface area contributed by atoms with Gasteiger partial charge in [-0.25, -0.2) is 24.4 Å². The van der Waals surface area contributed by atoms with Gasteiger partial charge in [0, 0.05) is 16.7 Å². The highest BCUT2D eigenvalue weighted by atomic mass is 16.6. The summed E-state index contributed by atoms with van der Waals surface area (Å²) in [5.41, 5.74) is 11.6. The molecule has 1 saturated heterocycles. The number of aromatic nitrogens is 3. The van der Waals surface area contributed by atoms with E-state index in [0.717, 1.165) is 27.8 Å². The summed E-state index contributed by atoms with van der Waals surface area (Å²) in [6.45, 7) is 15.8. The Kier molecular flexibility index (Phi) is 15.1. The van der Waals surface area contributed by atoms with Crippen LogP contribution in [0.2, 0.25) is 0 Å². The first-order valence-electron chi connectivity index (χ1n) is 23.0. The SMILES string of the molecule is Cc1ccc(CO[C@H]2[C@@H](OC(=O)[C@@H](NC(=O)OC(C)(C)C)C(C)C)[C@H](c3c[nH]c4c(N=[N+]=[N-])ncnc34)N(C(=O)OC(C)(C)C)[C@@H]2COC(c2ccccc2)(c2ccccc2)c2ccccc2)cc1. The monoisotopic (exact) mass is 936 g/mol. The highest BCUT2D eigenvalue weighted by Crippen LogP contribution is 2.47. The summed E-state index contributed by atoms with van der Waals surface area (Å²) < 4.78 is 33.0. The van der Waals surface area contributed by atoms with Gasteiger partial charge in [-0.1, -0.05) is 135 Å². The van der Waals surface area contributed by atoms with Crippen molar-refractivity contribution in [3.05, 3.63) is 172 Å². The largest absolute Gasteiger partial charge is 0.455 e. The summed E-state index contributed by atoms with van der Waals surface area (Å²) in [7, 11) is 0. The van der Waals surface area contributed by atoms with E-state index < -0.39 is 71.2 Å². The minimum Gasteiger partial charge on any atom is -0.455 e. The number of nitrogens with one attached hydrogen (secondary N) is 2. The van der Waals surface area contributed by atoms with E-state index in [1.54, 1.807) is 61.6 Å². The van der Waals surface area contributed by atoms with Crippen LogP contribution in [-0.2, 0) is 40.7 Å². The lowest BCUT2D eigenvalue weighted by Gasteiger charge is -2.39. The molecule has 0 aliphatic carbocycles. The third-order valence-corrected chi connectivity index (χ3v) is 11.6. The number of rotatable bonds is 15. The minimum atomic E-state index is -1.32. The summed E-state index contributed by atoms with van der Waals surface area (Å²) in [5.74, 6) is -1.28. The van der Waals surface area contributed by atoms with Crippen LogP contribution < -0.4 is 5.32 Å². The second kappa shape index (κ2) is 20.9. The maximum absolute atomic E-state index is 15.3. The zero-order valence-electron chi connectivity index (χ0n) is 40.5. The number of carbonyl (C=O) groups is 3. The Balaban J connectivity index is 1.46. The summed E-state index contributed by atoms with van der Waals surface area (Å²) in [6.07, 6.45) is -1.17. The van der Waals surface area contributed by atoms with Gasteiger partial charge in [-0.2, -0.15) is 0 Å². The molecular weight excluding hydrogens is 877 g/mol. The predicted molar refractivity (Wildman–Crippen MR) is 260 cm³/mol. The quantitative estimate of drug-likeness (QED) is 0.0249. The van der Waals surface area contributed by atoms with Gasteiger partial charge in [-0.05, 0) is 87.3 Å². The van der Waals surface area contributed by atoms with E-state index in [2.05, 4.69) is 30.3 Å². The van der Waals surface area contributed by atoms with E-state index in [4.69, 9.17) is 23.7 Å². The zero-order chi connectivity index (χ0) is 49.5. The van der Waals surface area contributed by atoms with Crippen molar-refractivity contribution in [3.63, 3.8) is 0 Å². The second-order valence-corrected chi connectivity index (χ2v) is 19.4. The molecule has 0 saturated carbocycles. The van der Waals surface area contributed by atoms with Crippen LogP contribution in [0.3, 0.4) is 0 Å². The number of amides is 2. The van der Waals surface area contributed by atoms with Gasteiger partial charge in [0.25, 0.3) is 0 Å². The van der Waals surface area contributed by atoms with Crippen molar-refractivity contribution in [2.45, 2.75) is 116 Å². The third-order valence-electron chi connectivity index (χ3n) is 11.6. The van der Waals surface area contributed by atoms with Crippen molar-refractivity contribution in [1.29, 1.82) is 0 Å². The van der Waals surface area contributed by atoms with Crippen LogP contribution in [-0.4, -0.2) is 80.1 Å². The number of hydrogen-bond acceptors (Lipinski definition) is 11. The van der Waals surface area contributed by atoms with E-state index in [9.17, 15) is 15.1 Å². The highest BCUT2D eigenvalue weighted by Gasteiger charge is 2.58. The topological polar surface area (TPSA) is 203 Å². The lowest BCUT2D eigenvalue weighted by Crippen LogP contribution is -2.50. The molecule has 2 amide bonds. The third kappa shape index (κ3) is 11.4. The molecule has 0 radical (unpaired) electrons. The maximum Gasteiger partial charge on any atom is 0.411 e. The fourth-order valence-corrected chi connectivity index (χ4v) is 8.61. The molecule has 6 aromatic rings. The number of carbonyl (C=O) groups excluding carboxylic acids is 3. The van der Waals surface area contributed by atoms with Gasteiger partial charge in [0.1, 0.15) is 41.3 Å². The number of aromatic amines is 1. The molecule has 69 heavy (non-hydrogen) atoms. The first-order chi connectivity index (χ1) is 32.9. The van der Waals surface area contributed by atoms with Crippen LogP contribution in [0.5, 0.6) is 0 Å². The standard InChI is InChI=1S/C53H60N8O8/c1-33(2)41(58-49(63)68-51(4,5)6)48(62)67-46-44(39-29-55-43-42(39)56-32-57-47(43)59-60-54)61(50(64)69-52(7,8)9)40(45(46)65-30-35-27-25-34(3)26-28-35)31-66-53(36-19-13-10-14-20-36,37-21-15-11-16-22-37)38-23-17-12-18-24-38/h10-29,32-33,40-41,44-46,55H,30-31H2,1-9H3,(H,58,63)/t40-,41+,44+,45-,46+/m1/s1. The average Bonchev–Trinajstić information content (AvgIpc) is 3.87. The van der Waals surface area contributed by atoms with Gasteiger partial charge in [0.05, 0.1) is 30.3 Å². The lowest BCUT2D eigenvalue weighted by atomic mass is 9.80. The molecule has 1 aliphatic rings. The van der Waals surface area contributed by atoms with E-state index in [0.29, 0.717) is 5.56 Å². The van der Waals surface area contributed by atoms with Gasteiger partial charge in [-0.3, -0.25) is 4.90 Å². The van der Waals surface area contributed by atoms with Crippen molar-refractivity contribution in [2.75, 3.05) is 6.61 Å². The molecule has 3 heterocycles. The maximum atomic E-state index is 15.3. The number of nitrogens with zero attached hydrogens (tertiary/aromatic N) is 6. The van der Waals surface area contributed by atoms with Gasteiger partial charge in [0.2, 0.25) is 0 Å². The number of H-pyrrole nitrogens is 1. The number of azide groups is 1. The molecule has 2 N–H and O–H groups in total. The van der Waals surface area contributed by atoms with Crippen LogP contribution in [0.15, 0.2) is 133 Å². The second-order valence-electron chi connectivity index (χ2n) is 19.4. The Hall–Kier alpha value is -7.26. The number of hydrogen-bond donors (Lipinski definition) is 2. The van der Waals surface area contributed by atoms with Crippen molar-refractivity contribution >= 4 is 35.0 Å². The Labute approximate surface area is 402 Å². The Morgan fingerprint density at radius 1 is 0.797 bits per heavy atom. The number of likely N-dealkylation sites (tertiary alicyclic amines) is 1. The van der Waals surface area contributed by atoms with Crippen molar-refractivity contribution in [2.24, 2.45) is 11.0 Å². The number of benzene rings is 4. The molecule has 7 rings (SSSR count). The minimum absolute atomic E-state index is 0.0102. The number of fused-ring (bicyclic) bond motifs is 1. The Morgan fingerprint density at radius 2 is 1.36 bits per heavy atom. The molecule has 1 fully saturated rings. The van der Waals surface area contributed by atoms with Crippen molar-refractivity contribution < 1.29 is 38.1 Å². The van der Waals surface area contributed by atoms with Crippen LogP contribution in [0.1, 0.15) is 94.8 Å². The molecule has 16 nitrogen and oxygen atoms in total. The molecule has 1 aliphatic heterocycles. The van der Waals surface area contributed by atoms with Crippen LogP contribution in [0, 0.1) is 12.8 Å². The van der Waals surface area contributed by atoms with E-state index in [1.807, 2.05) is 122 Å². The van der Waals surface area contributed by atoms with Gasteiger partial charge >= 0.3 is 18.2 Å². The molecule has 0 spiro atoms. The smallest absolute Gasteiger partial charge is 0.411 e. The summed E-state index contributed by atoms with van der Waals surface area (Å²) in [5, 5.41) is 6.51. The molecule has 4 aromatic carbocycles. The zero-order valence-corrected chi connectivity index (χ0v) is 40.5. The fourth-order valence-electron chi connectivity index (χ4n) is 8.61. The lowest BCUT2D eigenvalue weighted by molar-refractivity contribution is -0.162. The van der Waals surface area contributed by atoms with Crippen LogP contribution in [0.4, 0.5) is 15.4 Å². The van der Waals surface area contributed by atoms with E-state index in [1.165, 1.54) is 11.2 Å². The highest BCUT2D eigenvalue weighted by molar-refractivity contribution is 5.88. The van der Waals surface area contributed by atoms with E-state index in [-0.39, 0.29) is 30.1 Å². The number of aryl methyl sites for hydroxylation is 1. The summed E-state index contributed by atoms with van der Waals surface area (Å²) in [4.78, 5) is 59.9. The molecule has 360 valence electrons. The molecule has 2 aromatic heterocycles. The first-order valence-corrected chi connectivity index (χ1v) is 23.0. The van der Waals surface area contributed by atoms with E-state index >= 15 is 4.79 Å². The molecule has 0 unspecified atom stereocenters. The molecule has 16 heteroatoms. The predicted octanol–water partition coefficient (Wildman–Crippen LogP) is 10.9. The number of esters is 1. The Morgan fingerprint density at radius 3 is 1.88 bits per heavy atom. The van der Waals surface area contributed by atoms with Crippen LogP contribution >= 0.6 is 0 Å². The summed E-state index contributed by atoms with van der Waals surface area (Å²) >= 11 is 0. The normalized spacial score (nSPS) is 17.8. The Bertz CT molecular complexity index is 2650. The van der Waals surface area contributed by atoms with Crippen LogP contribution in [0.25, 0.3) is 21.5 Å². The summed E-state index contributed by atoms with van der Waals surface area (Å²) in [6, 6.07) is 33.8. The average molecular weight is 937 g/mol. The molecular formula is C53H60N8O8. The van der Waals surface area contributed by atoms with Gasteiger partial charge in [0.15, 0.2) is 11.9 Å². The fraction of sp³-hybridized carbons (Fsp3) is 0.377. The molecule has 5 atom stereocenters. The number of alkyl carbamates (subject to hydrolysis) is 1. The van der Waals surface area contributed by atoms with Gasteiger partial charge < -0.3 is 34.0 Å². The molecule has 0 bridgehead atoms. The number of ether oxygens (including phenoxy) is 5. The van der Waals surface area contributed by atoms with Crippen molar-refractivity contribution in [3.8, 4) is 0 Å². The first kappa shape index (κ1) is 49.6. The van der Waals surface area contributed by atoms with Gasteiger partial charge in [-0.15, -0.1) is 0 Å². The van der Waals surface area contributed by atoms with Crippen molar-refractivity contribution in [1.82, 2.24) is 25.2 Å².